The second-order valence-electron chi connectivity index (χ2n) is 6.28. The largest absolute Gasteiger partial charge is 0.385 e. The molecular formula is C17H29N3O. The maximum absolute atomic E-state index is 5.17. The molecule has 1 aromatic rings. The molecule has 0 fully saturated rings. The van der Waals surface area contributed by atoms with Gasteiger partial charge in [-0.15, -0.1) is 0 Å². The zero-order valence-corrected chi connectivity index (χ0v) is 14.0. The Bertz CT molecular complexity index is 427. The summed E-state index contributed by atoms with van der Waals surface area (Å²) in [6, 6.07) is 10.3. The van der Waals surface area contributed by atoms with E-state index in [2.05, 4.69) is 36.3 Å². The van der Waals surface area contributed by atoms with Crippen molar-refractivity contribution < 1.29 is 4.74 Å². The third-order valence-electron chi connectivity index (χ3n) is 3.39. The van der Waals surface area contributed by atoms with Crippen molar-refractivity contribution in [3.8, 4) is 0 Å². The first-order valence-electron chi connectivity index (χ1n) is 7.43. The molecule has 0 aliphatic heterocycles. The first-order valence-corrected chi connectivity index (χ1v) is 7.43. The lowest BCUT2D eigenvalue weighted by Crippen LogP contribution is -2.41. The van der Waals surface area contributed by atoms with Gasteiger partial charge in [0.15, 0.2) is 5.96 Å². The molecule has 0 saturated heterocycles. The number of aliphatic imine (C=N–C) groups is 1. The van der Waals surface area contributed by atoms with Gasteiger partial charge in [-0.2, -0.15) is 0 Å². The zero-order valence-electron chi connectivity index (χ0n) is 14.0. The number of hydrogen-bond acceptors (Lipinski definition) is 2. The van der Waals surface area contributed by atoms with Crippen LogP contribution in [-0.4, -0.2) is 45.2 Å². The molecular weight excluding hydrogens is 262 g/mol. The molecule has 0 spiro atoms. The third kappa shape index (κ3) is 7.14. The molecule has 0 atom stereocenters. The second kappa shape index (κ2) is 8.67. The van der Waals surface area contributed by atoms with Crippen molar-refractivity contribution in [3.63, 3.8) is 0 Å². The fourth-order valence-electron chi connectivity index (χ4n) is 1.89. The number of rotatable bonds is 7. The van der Waals surface area contributed by atoms with Crippen LogP contribution in [0.25, 0.3) is 0 Å². The molecule has 0 aliphatic carbocycles. The molecule has 21 heavy (non-hydrogen) atoms. The van der Waals surface area contributed by atoms with Gasteiger partial charge in [0.25, 0.3) is 0 Å². The van der Waals surface area contributed by atoms with Gasteiger partial charge in [-0.05, 0) is 17.4 Å². The number of guanidine groups is 1. The molecule has 0 aromatic heterocycles. The van der Waals surface area contributed by atoms with Crippen LogP contribution in [0.2, 0.25) is 0 Å². The van der Waals surface area contributed by atoms with Crippen molar-refractivity contribution in [3.05, 3.63) is 35.9 Å². The van der Waals surface area contributed by atoms with Crippen LogP contribution in [-0.2, 0) is 11.3 Å². The Kier molecular flexibility index (Phi) is 7.23. The van der Waals surface area contributed by atoms with E-state index in [0.717, 1.165) is 25.5 Å². The van der Waals surface area contributed by atoms with Crippen LogP contribution in [0, 0.1) is 5.41 Å². The molecule has 0 saturated carbocycles. The fourth-order valence-corrected chi connectivity index (χ4v) is 1.89. The van der Waals surface area contributed by atoms with E-state index in [-0.39, 0.29) is 5.41 Å². The lowest BCUT2D eigenvalue weighted by molar-refractivity contribution is 0.153. The zero-order chi connectivity index (χ0) is 15.7. The number of nitrogens with one attached hydrogen (secondary N) is 1. The summed E-state index contributed by atoms with van der Waals surface area (Å²) in [5.74, 6) is 0.921. The minimum absolute atomic E-state index is 0.180. The number of benzene rings is 1. The number of nitrogens with zero attached hydrogens (tertiary/aromatic N) is 2. The van der Waals surface area contributed by atoms with E-state index < -0.39 is 0 Å². The minimum Gasteiger partial charge on any atom is -0.385 e. The molecule has 1 aromatic carbocycles. The molecule has 0 bridgehead atoms. The van der Waals surface area contributed by atoms with Crippen molar-refractivity contribution in [2.45, 2.75) is 26.8 Å². The molecule has 4 nitrogen and oxygen atoms in total. The lowest BCUT2D eigenvalue weighted by Gasteiger charge is -2.27. The van der Waals surface area contributed by atoms with E-state index in [0.29, 0.717) is 6.54 Å². The Morgan fingerprint density at radius 1 is 1.24 bits per heavy atom. The summed E-state index contributed by atoms with van der Waals surface area (Å²) >= 11 is 0. The minimum atomic E-state index is 0.180. The average molecular weight is 291 g/mol. The molecule has 0 amide bonds. The SMILES string of the molecule is COCCC(C)(C)CNC(=NCc1ccccc1)N(C)C. The molecule has 1 N–H and O–H groups in total. The van der Waals surface area contributed by atoms with Gasteiger partial charge in [0.2, 0.25) is 0 Å². The Labute approximate surface area is 129 Å². The summed E-state index contributed by atoms with van der Waals surface area (Å²) in [6.07, 6.45) is 1.02. The number of ether oxygens (including phenoxy) is 1. The van der Waals surface area contributed by atoms with E-state index in [9.17, 15) is 0 Å². The summed E-state index contributed by atoms with van der Waals surface area (Å²) < 4.78 is 5.17. The summed E-state index contributed by atoms with van der Waals surface area (Å²) in [4.78, 5) is 6.70. The average Bonchev–Trinajstić information content (AvgIpc) is 2.46. The van der Waals surface area contributed by atoms with Gasteiger partial charge >= 0.3 is 0 Å². The highest BCUT2D eigenvalue weighted by molar-refractivity contribution is 5.79. The van der Waals surface area contributed by atoms with Crippen LogP contribution >= 0.6 is 0 Å². The Hall–Kier alpha value is -1.55. The van der Waals surface area contributed by atoms with Gasteiger partial charge in [-0.3, -0.25) is 0 Å². The van der Waals surface area contributed by atoms with Crippen molar-refractivity contribution in [1.82, 2.24) is 10.2 Å². The maximum Gasteiger partial charge on any atom is 0.193 e. The molecule has 0 aliphatic rings. The van der Waals surface area contributed by atoms with E-state index in [1.165, 1.54) is 5.56 Å². The smallest absolute Gasteiger partial charge is 0.193 e. The van der Waals surface area contributed by atoms with Crippen molar-refractivity contribution >= 4 is 5.96 Å². The molecule has 118 valence electrons. The summed E-state index contributed by atoms with van der Waals surface area (Å²) in [5.41, 5.74) is 1.40. The predicted octanol–water partition coefficient (Wildman–Crippen LogP) is 2.76. The molecule has 1 rings (SSSR count). The molecule has 4 heteroatoms. The summed E-state index contributed by atoms with van der Waals surface area (Å²) in [7, 11) is 5.77. The first kappa shape index (κ1) is 17.5. The van der Waals surface area contributed by atoms with E-state index in [4.69, 9.17) is 4.74 Å². The predicted molar refractivity (Wildman–Crippen MR) is 89.5 cm³/mol. The van der Waals surface area contributed by atoms with E-state index in [1.54, 1.807) is 7.11 Å². The Morgan fingerprint density at radius 3 is 2.48 bits per heavy atom. The highest BCUT2D eigenvalue weighted by Gasteiger charge is 2.18. The van der Waals surface area contributed by atoms with E-state index in [1.807, 2.05) is 37.2 Å². The standard InChI is InChI=1S/C17H29N3O/c1-17(2,11-12-21-5)14-19-16(20(3)4)18-13-15-9-7-6-8-10-15/h6-10H,11-14H2,1-5H3,(H,18,19). The quantitative estimate of drug-likeness (QED) is 0.620. The molecule has 0 heterocycles. The van der Waals surface area contributed by atoms with Crippen LogP contribution in [0.1, 0.15) is 25.8 Å². The van der Waals surface area contributed by atoms with Gasteiger partial charge in [0, 0.05) is 34.4 Å². The Morgan fingerprint density at radius 2 is 1.90 bits per heavy atom. The summed E-state index contributed by atoms with van der Waals surface area (Å²) in [6.45, 7) is 6.84. The maximum atomic E-state index is 5.17. The van der Waals surface area contributed by atoms with Crippen LogP contribution in [0.15, 0.2) is 35.3 Å². The van der Waals surface area contributed by atoms with Gasteiger partial charge in [0.1, 0.15) is 0 Å². The van der Waals surface area contributed by atoms with E-state index >= 15 is 0 Å². The molecule has 0 radical (unpaired) electrons. The van der Waals surface area contributed by atoms with Crippen LogP contribution in [0.4, 0.5) is 0 Å². The van der Waals surface area contributed by atoms with Gasteiger partial charge < -0.3 is 15.0 Å². The van der Waals surface area contributed by atoms with Crippen molar-refractivity contribution in [2.24, 2.45) is 10.4 Å². The normalized spacial score (nSPS) is 12.3. The monoisotopic (exact) mass is 291 g/mol. The Balaban J connectivity index is 2.57. The number of hydrogen-bond donors (Lipinski definition) is 1. The molecule has 0 unspecified atom stereocenters. The van der Waals surface area contributed by atoms with Crippen LogP contribution in [0.3, 0.4) is 0 Å². The van der Waals surface area contributed by atoms with Crippen molar-refractivity contribution in [1.29, 1.82) is 0 Å². The van der Waals surface area contributed by atoms with Gasteiger partial charge in [0.05, 0.1) is 6.54 Å². The lowest BCUT2D eigenvalue weighted by atomic mass is 9.90. The van der Waals surface area contributed by atoms with Crippen LogP contribution in [0.5, 0.6) is 0 Å². The fraction of sp³-hybridized carbons (Fsp3) is 0.588. The first-order chi connectivity index (χ1) is 9.94. The third-order valence-corrected chi connectivity index (χ3v) is 3.39. The van der Waals surface area contributed by atoms with Gasteiger partial charge in [-0.1, -0.05) is 44.2 Å². The second-order valence-corrected chi connectivity index (χ2v) is 6.28. The number of methoxy groups -OCH3 is 1. The summed E-state index contributed by atoms with van der Waals surface area (Å²) in [5, 5.41) is 3.46. The highest BCUT2D eigenvalue weighted by Crippen LogP contribution is 2.18. The highest BCUT2D eigenvalue weighted by atomic mass is 16.5. The van der Waals surface area contributed by atoms with Crippen molar-refractivity contribution in [2.75, 3.05) is 34.4 Å². The topological polar surface area (TPSA) is 36.9 Å². The van der Waals surface area contributed by atoms with Crippen LogP contribution < -0.4 is 5.32 Å². The van der Waals surface area contributed by atoms with Gasteiger partial charge in [-0.25, -0.2) is 4.99 Å².